The number of carboxylic acid groups (broad SMARTS) is 1. The molecule has 0 amide bonds. The van der Waals surface area contributed by atoms with Gasteiger partial charge in [0.25, 0.3) is 0 Å². The minimum Gasteiger partial charge on any atom is -0.487 e. The van der Waals surface area contributed by atoms with Crippen LogP contribution in [0.4, 0.5) is 5.69 Å². The normalized spacial score (nSPS) is 17.5. The Morgan fingerprint density at radius 1 is 1.33 bits per heavy atom. The molecule has 5 heteroatoms. The van der Waals surface area contributed by atoms with Gasteiger partial charge in [0.1, 0.15) is 16.9 Å². The maximum absolute atomic E-state index is 11.5. The molecule has 0 spiro atoms. The molecule has 1 aromatic rings. The first-order valence-electron chi connectivity index (χ1n) is 7.22. The average molecular weight is 312 g/mol. The number of carboxylic acids is 1. The van der Waals surface area contributed by atoms with Crippen LogP contribution in [0.15, 0.2) is 18.2 Å². The number of nitrogens with one attached hydrogen (secondary N) is 1. The second kappa shape index (κ2) is 5.76. The molecule has 0 unspecified atom stereocenters. The van der Waals surface area contributed by atoms with Gasteiger partial charge < -0.3 is 15.2 Å². The summed E-state index contributed by atoms with van der Waals surface area (Å²) in [5, 5.41) is 13.1. The Morgan fingerprint density at radius 3 is 2.43 bits per heavy atom. The van der Waals surface area contributed by atoms with Gasteiger partial charge >= 0.3 is 5.97 Å². The van der Waals surface area contributed by atoms with E-state index in [0.717, 1.165) is 12.8 Å². The number of carbonyl (C=O) groups is 1. The van der Waals surface area contributed by atoms with Crippen molar-refractivity contribution >= 4 is 23.3 Å². The SMILES string of the molecule is CC(C)(C)Oc1ccc(NC2(C(=O)O)CCCC2)cc1Cl. The highest BCUT2D eigenvalue weighted by Gasteiger charge is 2.41. The Kier molecular flexibility index (Phi) is 4.38. The average Bonchev–Trinajstić information content (AvgIpc) is 2.81. The number of ether oxygens (including phenoxy) is 1. The van der Waals surface area contributed by atoms with Gasteiger partial charge in [-0.1, -0.05) is 24.4 Å². The number of benzene rings is 1. The fourth-order valence-electron chi connectivity index (χ4n) is 2.64. The van der Waals surface area contributed by atoms with Gasteiger partial charge in [0.05, 0.1) is 5.02 Å². The standard InChI is InChI=1S/C16H22ClNO3/c1-15(2,3)21-13-7-6-11(10-12(13)17)18-16(14(19)20)8-4-5-9-16/h6-7,10,18H,4-5,8-9H2,1-3H3,(H,19,20). The van der Waals surface area contributed by atoms with Crippen LogP contribution < -0.4 is 10.1 Å². The largest absolute Gasteiger partial charge is 0.487 e. The topological polar surface area (TPSA) is 58.6 Å². The maximum Gasteiger partial charge on any atom is 0.329 e. The second-order valence-corrected chi connectivity index (χ2v) is 6.99. The van der Waals surface area contributed by atoms with Crippen LogP contribution in [-0.2, 0) is 4.79 Å². The molecule has 1 aromatic carbocycles. The molecular formula is C16H22ClNO3. The molecule has 0 radical (unpaired) electrons. The molecule has 4 nitrogen and oxygen atoms in total. The van der Waals surface area contributed by atoms with Crippen molar-refractivity contribution in [3.8, 4) is 5.75 Å². The van der Waals surface area contributed by atoms with Crippen LogP contribution in [0.5, 0.6) is 5.75 Å². The first-order valence-corrected chi connectivity index (χ1v) is 7.60. The molecule has 0 bridgehead atoms. The van der Waals surface area contributed by atoms with Crippen molar-refractivity contribution in [2.45, 2.75) is 57.6 Å². The lowest BCUT2D eigenvalue weighted by molar-refractivity contribution is -0.142. The molecule has 116 valence electrons. The first-order chi connectivity index (χ1) is 9.72. The van der Waals surface area contributed by atoms with Gasteiger partial charge in [-0.3, -0.25) is 0 Å². The summed E-state index contributed by atoms with van der Waals surface area (Å²) < 4.78 is 5.75. The number of hydrogen-bond acceptors (Lipinski definition) is 3. The quantitative estimate of drug-likeness (QED) is 0.869. The van der Waals surface area contributed by atoms with Crippen molar-refractivity contribution in [2.75, 3.05) is 5.32 Å². The summed E-state index contributed by atoms with van der Waals surface area (Å²) in [6.45, 7) is 5.86. The Labute approximate surface area is 130 Å². The van der Waals surface area contributed by atoms with Crippen LogP contribution in [0, 0.1) is 0 Å². The molecule has 2 N–H and O–H groups in total. The zero-order valence-corrected chi connectivity index (χ0v) is 13.5. The smallest absolute Gasteiger partial charge is 0.329 e. The number of halogens is 1. The van der Waals surface area contributed by atoms with E-state index in [9.17, 15) is 9.90 Å². The zero-order chi connectivity index (χ0) is 15.7. The molecule has 0 saturated heterocycles. The van der Waals surface area contributed by atoms with Crippen molar-refractivity contribution in [3.05, 3.63) is 23.2 Å². The molecule has 1 fully saturated rings. The summed E-state index contributed by atoms with van der Waals surface area (Å²) >= 11 is 6.23. The van der Waals surface area contributed by atoms with Crippen LogP contribution in [0.3, 0.4) is 0 Å². The molecule has 2 rings (SSSR count). The van der Waals surface area contributed by atoms with Gasteiger partial charge in [-0.15, -0.1) is 0 Å². The molecule has 0 aromatic heterocycles. The summed E-state index contributed by atoms with van der Waals surface area (Å²) in [5.74, 6) is -0.198. The van der Waals surface area contributed by atoms with Crippen LogP contribution in [-0.4, -0.2) is 22.2 Å². The summed E-state index contributed by atoms with van der Waals surface area (Å²) in [7, 11) is 0. The van der Waals surface area contributed by atoms with Crippen LogP contribution in [0.25, 0.3) is 0 Å². The first kappa shape index (κ1) is 16.0. The minimum absolute atomic E-state index is 0.327. The van der Waals surface area contributed by atoms with E-state index < -0.39 is 11.5 Å². The van der Waals surface area contributed by atoms with Gasteiger partial charge in [0.2, 0.25) is 0 Å². The van der Waals surface area contributed by atoms with E-state index in [1.165, 1.54) is 0 Å². The highest BCUT2D eigenvalue weighted by atomic mass is 35.5. The summed E-state index contributed by atoms with van der Waals surface area (Å²) in [6, 6.07) is 5.32. The van der Waals surface area contributed by atoms with E-state index in [2.05, 4.69) is 5.32 Å². The van der Waals surface area contributed by atoms with Crippen LogP contribution in [0.2, 0.25) is 5.02 Å². The van der Waals surface area contributed by atoms with Crippen molar-refractivity contribution < 1.29 is 14.6 Å². The summed E-state index contributed by atoms with van der Waals surface area (Å²) in [6.07, 6.45) is 3.14. The number of aliphatic carboxylic acids is 1. The van der Waals surface area contributed by atoms with Crippen molar-refractivity contribution in [1.29, 1.82) is 0 Å². The fraction of sp³-hybridized carbons (Fsp3) is 0.562. The van der Waals surface area contributed by atoms with Gasteiger partial charge in [-0.2, -0.15) is 0 Å². The summed E-state index contributed by atoms with van der Waals surface area (Å²) in [4.78, 5) is 11.5. The van der Waals surface area contributed by atoms with E-state index >= 15 is 0 Å². The van der Waals surface area contributed by atoms with Gasteiger partial charge in [0.15, 0.2) is 0 Å². The highest BCUT2D eigenvalue weighted by molar-refractivity contribution is 6.32. The van der Waals surface area contributed by atoms with Crippen LogP contribution >= 0.6 is 11.6 Å². The monoisotopic (exact) mass is 311 g/mol. The molecule has 1 saturated carbocycles. The Balaban J connectivity index is 2.18. The third-order valence-electron chi connectivity index (χ3n) is 3.60. The molecule has 0 aliphatic heterocycles. The molecule has 1 aliphatic carbocycles. The lowest BCUT2D eigenvalue weighted by Gasteiger charge is -2.27. The predicted octanol–water partition coefficient (Wildman–Crippen LogP) is 4.33. The van der Waals surface area contributed by atoms with E-state index in [1.807, 2.05) is 26.8 Å². The lowest BCUT2D eigenvalue weighted by Crippen LogP contribution is -2.43. The molecule has 1 aliphatic rings. The third-order valence-corrected chi connectivity index (χ3v) is 3.89. The predicted molar refractivity (Wildman–Crippen MR) is 84.3 cm³/mol. The van der Waals surface area contributed by atoms with Crippen molar-refractivity contribution in [3.63, 3.8) is 0 Å². The lowest BCUT2D eigenvalue weighted by atomic mass is 9.97. The van der Waals surface area contributed by atoms with Crippen LogP contribution in [0.1, 0.15) is 46.5 Å². The van der Waals surface area contributed by atoms with Gasteiger partial charge in [-0.05, 0) is 51.8 Å². The molecule has 0 heterocycles. The van der Waals surface area contributed by atoms with E-state index in [4.69, 9.17) is 16.3 Å². The maximum atomic E-state index is 11.5. The van der Waals surface area contributed by atoms with Gasteiger partial charge in [-0.25, -0.2) is 4.79 Å². The summed E-state index contributed by atoms with van der Waals surface area (Å²) in [5.41, 5.74) is -0.479. The third kappa shape index (κ3) is 3.82. The highest BCUT2D eigenvalue weighted by Crippen LogP contribution is 2.36. The minimum atomic E-state index is -0.865. The second-order valence-electron chi connectivity index (χ2n) is 6.58. The Morgan fingerprint density at radius 2 is 1.95 bits per heavy atom. The van der Waals surface area contributed by atoms with E-state index in [1.54, 1.807) is 12.1 Å². The van der Waals surface area contributed by atoms with Crippen molar-refractivity contribution in [2.24, 2.45) is 0 Å². The fourth-order valence-corrected chi connectivity index (χ4v) is 2.86. The van der Waals surface area contributed by atoms with E-state index in [0.29, 0.717) is 29.3 Å². The Bertz CT molecular complexity index is 531. The molecule has 0 atom stereocenters. The number of hydrogen-bond donors (Lipinski definition) is 2. The number of rotatable bonds is 4. The van der Waals surface area contributed by atoms with Gasteiger partial charge in [0, 0.05) is 5.69 Å². The Hall–Kier alpha value is -1.42. The number of anilines is 1. The molecular weight excluding hydrogens is 290 g/mol. The van der Waals surface area contributed by atoms with Crippen molar-refractivity contribution in [1.82, 2.24) is 0 Å². The zero-order valence-electron chi connectivity index (χ0n) is 12.7. The molecule has 21 heavy (non-hydrogen) atoms. The van der Waals surface area contributed by atoms with E-state index in [-0.39, 0.29) is 5.60 Å².